The molecule has 1 fully saturated rings. The molecular weight excluding hydrogens is 973 g/mol. The van der Waals surface area contributed by atoms with Crippen molar-refractivity contribution < 1.29 is 30.3 Å². The van der Waals surface area contributed by atoms with E-state index in [1.54, 1.807) is 0 Å². The smallest absolute Gasteiger partial charge is 0.126 e. The molecule has 8 rings (SSSR count). The number of phenols is 5. The number of hydrogen-bond donors (Lipinski definition) is 5. The predicted octanol–water partition coefficient (Wildman–Crippen LogP) is 17.8. The van der Waals surface area contributed by atoms with E-state index in [2.05, 4.69) is 197 Å². The summed E-state index contributed by atoms with van der Waals surface area (Å²) in [6, 6.07) is 25.6. The molecule has 0 aromatic heterocycles. The van der Waals surface area contributed by atoms with E-state index in [1.807, 2.05) is 0 Å². The minimum absolute atomic E-state index is 0.131. The van der Waals surface area contributed by atoms with Crippen LogP contribution >= 0.6 is 0 Å². The van der Waals surface area contributed by atoms with Gasteiger partial charge >= 0.3 is 0 Å². The van der Waals surface area contributed by atoms with Crippen molar-refractivity contribution in [2.75, 3.05) is 6.61 Å². The fourth-order valence-electron chi connectivity index (χ4n) is 11.7. The van der Waals surface area contributed by atoms with Crippen LogP contribution in [0.3, 0.4) is 0 Å². The second kappa shape index (κ2) is 21.5. The molecule has 6 aromatic carbocycles. The van der Waals surface area contributed by atoms with Gasteiger partial charge in [-0.2, -0.15) is 0 Å². The zero-order valence-corrected chi connectivity index (χ0v) is 51.6. The number of aromatic hydroxyl groups is 5. The van der Waals surface area contributed by atoms with Crippen LogP contribution in [0, 0.1) is 5.92 Å². The SMILES string of the molecule is CC(C)(C)c1cc2c(O)c(c1)Cc1cc(C(C)(C)C)cc(c1O)Cc1cc(C(C)(C)C)cc(c1O)Cc1cc(C(C)(C)C)cc(c1OCC1CCCCC1)Cc1cc(C(C)(C)C)cc(c1O)Cc1cc(C(C)(C)C)cc(c1O)C2. The number of ether oxygens (including phenoxy) is 1. The average molecular weight is 1070 g/mol. The van der Waals surface area contributed by atoms with Crippen molar-refractivity contribution in [2.45, 2.75) is 228 Å². The molecular formula is C73H96O6. The normalized spacial score (nSPS) is 15.4. The average Bonchev–Trinajstić information content (AvgIpc) is 3.46. The Hall–Kier alpha value is -5.88. The molecule has 0 heterocycles. The van der Waals surface area contributed by atoms with Crippen molar-refractivity contribution >= 4 is 0 Å². The second-order valence-electron chi connectivity index (χ2n) is 30.2. The van der Waals surface area contributed by atoms with Crippen molar-refractivity contribution in [3.63, 3.8) is 0 Å². The molecule has 0 saturated heterocycles. The molecule has 0 unspecified atom stereocenters. The van der Waals surface area contributed by atoms with Gasteiger partial charge in [-0.1, -0.05) is 217 Å². The van der Waals surface area contributed by atoms with Crippen LogP contribution in [-0.2, 0) is 71.0 Å². The summed E-state index contributed by atoms with van der Waals surface area (Å²) < 4.78 is 7.24. The summed E-state index contributed by atoms with van der Waals surface area (Å²) in [5, 5.41) is 63.6. The summed E-state index contributed by atoms with van der Waals surface area (Å²) in [6.07, 6.45) is 7.76. The number of rotatable bonds is 3. The first-order valence-corrected chi connectivity index (χ1v) is 29.5. The van der Waals surface area contributed by atoms with Gasteiger partial charge in [0, 0.05) is 38.5 Å². The molecule has 424 valence electrons. The minimum atomic E-state index is -0.293. The van der Waals surface area contributed by atoms with Crippen LogP contribution in [0.4, 0.5) is 0 Å². The maximum absolute atomic E-state index is 12.8. The Labute approximate surface area is 475 Å². The van der Waals surface area contributed by atoms with E-state index < -0.39 is 0 Å². The van der Waals surface area contributed by atoms with Gasteiger partial charge in [0.05, 0.1) is 6.61 Å². The molecule has 6 nitrogen and oxygen atoms in total. The number of fused-ring (bicyclic) bond motifs is 12. The van der Waals surface area contributed by atoms with Crippen LogP contribution in [-0.4, -0.2) is 32.1 Å². The predicted molar refractivity (Wildman–Crippen MR) is 328 cm³/mol. The lowest BCUT2D eigenvalue weighted by molar-refractivity contribution is 0.206. The number of phenolic OH excluding ortho intramolecular Hbond substituents is 5. The minimum Gasteiger partial charge on any atom is -0.507 e. The Morgan fingerprint density at radius 3 is 0.658 bits per heavy atom. The molecule has 79 heavy (non-hydrogen) atoms. The third-order valence-corrected chi connectivity index (χ3v) is 17.3. The summed E-state index contributed by atoms with van der Waals surface area (Å²) >= 11 is 0. The first-order chi connectivity index (χ1) is 36.4. The molecule has 6 heteroatoms. The fraction of sp³-hybridized carbons (Fsp3) is 0.507. The van der Waals surface area contributed by atoms with E-state index in [0.717, 1.165) is 85.4 Å². The standard InChI is InChI=1S/C73H96O6/c1-68(2,3)56-30-44-24-46-32-57(69(4,5)6)34-48(63(46)75)26-50-36-59(71(10,11)12)38-52(65(50)77)28-54-40-61(73(16,17)18)41-55(67(54)79-42-43-22-20-19-21-23-43)29-53-39-60(72(13,14)15)37-51(66(53)78)27-49-35-58(70(7,8)9)33-47(64(49)76)25-45(31-56)62(44)74/h30-41,43,74-78H,19-29,42H2,1-18H3. The van der Waals surface area contributed by atoms with Crippen LogP contribution in [0.15, 0.2) is 72.8 Å². The molecule has 5 N–H and O–H groups in total. The van der Waals surface area contributed by atoms with Crippen molar-refractivity contribution in [3.05, 3.63) is 173 Å². The van der Waals surface area contributed by atoms with Crippen LogP contribution in [0.25, 0.3) is 0 Å². The molecule has 0 spiro atoms. The third kappa shape index (κ3) is 13.3. The first-order valence-electron chi connectivity index (χ1n) is 29.5. The summed E-state index contributed by atoms with van der Waals surface area (Å²) in [7, 11) is 0. The largest absolute Gasteiger partial charge is 0.507 e. The van der Waals surface area contributed by atoms with Gasteiger partial charge in [-0.05, 0) is 151 Å². The summed E-state index contributed by atoms with van der Waals surface area (Å²) in [4.78, 5) is 0. The molecule has 2 aliphatic rings. The number of benzene rings is 6. The zero-order chi connectivity index (χ0) is 58.1. The Bertz CT molecular complexity index is 3060. The van der Waals surface area contributed by atoms with Crippen LogP contribution in [0.1, 0.15) is 257 Å². The van der Waals surface area contributed by atoms with Gasteiger partial charge in [-0.25, -0.2) is 0 Å². The van der Waals surface area contributed by atoms with Crippen molar-refractivity contribution in [3.8, 4) is 34.5 Å². The molecule has 0 radical (unpaired) electrons. The molecule has 0 amide bonds. The lowest BCUT2D eigenvalue weighted by Gasteiger charge is -2.28. The Morgan fingerprint density at radius 1 is 0.291 bits per heavy atom. The molecule has 1 saturated carbocycles. The van der Waals surface area contributed by atoms with Crippen LogP contribution in [0.2, 0.25) is 0 Å². The molecule has 12 bridgehead atoms. The lowest BCUT2D eigenvalue weighted by Crippen LogP contribution is -2.18. The van der Waals surface area contributed by atoms with Gasteiger partial charge < -0.3 is 30.3 Å². The first kappa shape index (κ1) is 59.2. The summed E-state index contributed by atoms with van der Waals surface area (Å²) in [5.41, 5.74) is 13.9. The Kier molecular flexibility index (Phi) is 16.2. The van der Waals surface area contributed by atoms with Gasteiger partial charge in [-0.3, -0.25) is 0 Å². The highest BCUT2D eigenvalue weighted by molar-refractivity contribution is 5.60. The molecule has 6 aromatic rings. The topological polar surface area (TPSA) is 110 Å². The third-order valence-electron chi connectivity index (χ3n) is 17.3. The van der Waals surface area contributed by atoms with Gasteiger partial charge in [0.15, 0.2) is 0 Å². The van der Waals surface area contributed by atoms with E-state index in [4.69, 9.17) is 4.74 Å². The van der Waals surface area contributed by atoms with E-state index in [1.165, 1.54) is 19.3 Å². The number of hydrogen-bond acceptors (Lipinski definition) is 6. The van der Waals surface area contributed by atoms with Crippen molar-refractivity contribution in [1.29, 1.82) is 0 Å². The van der Waals surface area contributed by atoms with E-state index >= 15 is 0 Å². The maximum atomic E-state index is 12.8. The van der Waals surface area contributed by atoms with Crippen molar-refractivity contribution in [2.24, 2.45) is 5.92 Å². The summed E-state index contributed by atoms with van der Waals surface area (Å²) in [5.74, 6) is 2.06. The van der Waals surface area contributed by atoms with Crippen LogP contribution < -0.4 is 4.74 Å². The Morgan fingerprint density at radius 2 is 0.468 bits per heavy atom. The highest BCUT2D eigenvalue weighted by Gasteiger charge is 2.30. The monoisotopic (exact) mass is 1070 g/mol. The van der Waals surface area contributed by atoms with E-state index in [9.17, 15) is 25.5 Å². The zero-order valence-electron chi connectivity index (χ0n) is 51.6. The van der Waals surface area contributed by atoms with E-state index in [0.29, 0.717) is 58.7 Å². The maximum Gasteiger partial charge on any atom is 0.126 e. The van der Waals surface area contributed by atoms with E-state index in [-0.39, 0.29) is 86.9 Å². The highest BCUT2D eigenvalue weighted by atomic mass is 16.5. The Balaban J connectivity index is 1.46. The molecule has 2 aliphatic carbocycles. The fourth-order valence-corrected chi connectivity index (χ4v) is 11.7. The summed E-state index contributed by atoms with van der Waals surface area (Å²) in [6.45, 7) is 40.1. The lowest BCUT2D eigenvalue weighted by atomic mass is 9.79. The molecule has 0 aliphatic heterocycles. The van der Waals surface area contributed by atoms with Gasteiger partial charge in [0.25, 0.3) is 0 Å². The quantitative estimate of drug-likeness (QED) is 0.121. The van der Waals surface area contributed by atoms with Crippen molar-refractivity contribution in [1.82, 2.24) is 0 Å². The second-order valence-corrected chi connectivity index (χ2v) is 30.2. The highest BCUT2D eigenvalue weighted by Crippen LogP contribution is 2.45. The van der Waals surface area contributed by atoms with Gasteiger partial charge in [0.2, 0.25) is 0 Å². The van der Waals surface area contributed by atoms with Gasteiger partial charge in [0.1, 0.15) is 34.5 Å². The van der Waals surface area contributed by atoms with Gasteiger partial charge in [-0.15, -0.1) is 0 Å². The van der Waals surface area contributed by atoms with Crippen LogP contribution in [0.5, 0.6) is 34.5 Å². The molecule has 0 atom stereocenters.